The van der Waals surface area contributed by atoms with Crippen molar-refractivity contribution in [3.63, 3.8) is 0 Å². The number of nitrogens with one attached hydrogen (secondary N) is 2. The van der Waals surface area contributed by atoms with Crippen LogP contribution in [0.1, 0.15) is 18.4 Å². The molecule has 25 heavy (non-hydrogen) atoms. The first-order chi connectivity index (χ1) is 12.1. The highest BCUT2D eigenvalue weighted by molar-refractivity contribution is 5.86. The van der Waals surface area contributed by atoms with Crippen molar-refractivity contribution in [1.82, 2.24) is 15.2 Å². The summed E-state index contributed by atoms with van der Waals surface area (Å²) in [6, 6.07) is 6.40. The van der Waals surface area contributed by atoms with Crippen LogP contribution in [0.25, 0.3) is 10.9 Å². The van der Waals surface area contributed by atoms with E-state index >= 15 is 0 Å². The van der Waals surface area contributed by atoms with E-state index in [2.05, 4.69) is 10.3 Å². The second kappa shape index (κ2) is 7.57. The second-order valence-corrected chi connectivity index (χ2v) is 6.35. The Hall–Kier alpha value is -2.54. The number of hydrogen-bond donors (Lipinski definition) is 3. The van der Waals surface area contributed by atoms with Gasteiger partial charge in [-0.2, -0.15) is 0 Å². The number of carbonyl (C=O) groups is 2. The molecule has 7 heteroatoms. The average molecular weight is 345 g/mol. The number of aliphatic carboxylic acids is 1. The van der Waals surface area contributed by atoms with Gasteiger partial charge in [0.25, 0.3) is 0 Å². The number of carboxylic acid groups (broad SMARTS) is 1. The van der Waals surface area contributed by atoms with Crippen LogP contribution in [-0.2, 0) is 16.0 Å². The number of ether oxygens (including phenoxy) is 1. The Morgan fingerprint density at radius 2 is 2.24 bits per heavy atom. The van der Waals surface area contributed by atoms with Crippen LogP contribution in [0.2, 0.25) is 0 Å². The zero-order valence-corrected chi connectivity index (χ0v) is 14.2. The van der Waals surface area contributed by atoms with Gasteiger partial charge in [-0.15, -0.1) is 0 Å². The van der Waals surface area contributed by atoms with E-state index in [-0.39, 0.29) is 18.5 Å². The van der Waals surface area contributed by atoms with E-state index in [0.717, 1.165) is 29.3 Å². The van der Waals surface area contributed by atoms with Crippen molar-refractivity contribution in [1.29, 1.82) is 0 Å². The predicted molar refractivity (Wildman–Crippen MR) is 93.6 cm³/mol. The molecule has 1 aliphatic heterocycles. The van der Waals surface area contributed by atoms with Gasteiger partial charge in [0.05, 0.1) is 12.6 Å². The number of carboxylic acids is 1. The van der Waals surface area contributed by atoms with Gasteiger partial charge in [0, 0.05) is 37.2 Å². The van der Waals surface area contributed by atoms with Gasteiger partial charge in [0.2, 0.25) is 0 Å². The largest absolute Gasteiger partial charge is 0.480 e. The van der Waals surface area contributed by atoms with Crippen LogP contribution >= 0.6 is 0 Å². The van der Waals surface area contributed by atoms with E-state index in [1.807, 2.05) is 24.3 Å². The first-order valence-corrected chi connectivity index (χ1v) is 8.44. The highest BCUT2D eigenvalue weighted by Crippen LogP contribution is 2.20. The van der Waals surface area contributed by atoms with Crippen molar-refractivity contribution in [3.8, 4) is 0 Å². The third-order valence-corrected chi connectivity index (χ3v) is 4.69. The fourth-order valence-corrected chi connectivity index (χ4v) is 3.42. The molecule has 3 rings (SSSR count). The van der Waals surface area contributed by atoms with Gasteiger partial charge < -0.3 is 25.0 Å². The molecule has 1 aromatic heterocycles. The molecule has 3 N–H and O–H groups in total. The molecule has 7 nitrogen and oxygen atoms in total. The minimum absolute atomic E-state index is 0.00698. The number of carbonyl (C=O) groups excluding carboxylic acids is 1. The van der Waals surface area contributed by atoms with Crippen molar-refractivity contribution in [3.05, 3.63) is 36.0 Å². The molecular formula is C18H23N3O4. The lowest BCUT2D eigenvalue weighted by Crippen LogP contribution is -2.51. The number of methoxy groups -OCH3 is 1. The number of benzene rings is 1. The lowest BCUT2D eigenvalue weighted by molar-refractivity contribution is -0.139. The smallest absolute Gasteiger partial charge is 0.326 e. The molecule has 2 aromatic rings. The molecule has 2 atom stereocenters. The zero-order chi connectivity index (χ0) is 17.8. The first kappa shape index (κ1) is 17.3. The number of aromatic amines is 1. The molecule has 134 valence electrons. The fraction of sp³-hybridized carbons (Fsp3) is 0.444. The van der Waals surface area contributed by atoms with Gasteiger partial charge in [-0.05, 0) is 24.5 Å². The van der Waals surface area contributed by atoms with E-state index in [1.54, 1.807) is 18.2 Å². The molecular weight excluding hydrogens is 322 g/mol. The predicted octanol–water partition coefficient (Wildman–Crippen LogP) is 1.98. The number of hydrogen-bond acceptors (Lipinski definition) is 3. The lowest BCUT2D eigenvalue weighted by atomic mass is 10.1. The van der Waals surface area contributed by atoms with Crippen LogP contribution in [0.3, 0.4) is 0 Å². The number of urea groups is 1. The Morgan fingerprint density at radius 1 is 1.44 bits per heavy atom. The topological polar surface area (TPSA) is 94.7 Å². The van der Waals surface area contributed by atoms with E-state index < -0.39 is 12.0 Å². The number of nitrogens with zero attached hydrogens (tertiary/aromatic N) is 1. The van der Waals surface area contributed by atoms with Crippen LogP contribution in [0, 0.1) is 0 Å². The van der Waals surface area contributed by atoms with Gasteiger partial charge in [-0.3, -0.25) is 0 Å². The van der Waals surface area contributed by atoms with Crippen molar-refractivity contribution >= 4 is 22.9 Å². The van der Waals surface area contributed by atoms with E-state index in [0.29, 0.717) is 13.2 Å². The zero-order valence-electron chi connectivity index (χ0n) is 14.2. The van der Waals surface area contributed by atoms with Crippen LogP contribution in [0.15, 0.2) is 30.5 Å². The molecule has 1 aromatic carbocycles. The standard InChI is InChI=1S/C18H23N3O4/c1-25-11-13-5-4-8-21(13)18(24)20-16(17(22)23)9-12-10-19-15-7-3-2-6-14(12)15/h2-3,6-7,10,13,16,19H,4-5,8-9,11H2,1H3,(H,20,24)(H,22,23)/t13-,16-/m0/s1. The number of fused-ring (bicyclic) bond motifs is 1. The fourth-order valence-electron chi connectivity index (χ4n) is 3.42. The molecule has 0 bridgehead atoms. The highest BCUT2D eigenvalue weighted by atomic mass is 16.5. The quantitative estimate of drug-likeness (QED) is 0.746. The lowest BCUT2D eigenvalue weighted by Gasteiger charge is -2.26. The number of amides is 2. The SMILES string of the molecule is COC[C@@H]1CCCN1C(=O)N[C@@H](Cc1c[nH]c2ccccc12)C(=O)O. The third kappa shape index (κ3) is 3.76. The molecule has 1 saturated heterocycles. The number of rotatable bonds is 6. The van der Waals surface area contributed by atoms with Crippen molar-refractivity contribution in [2.75, 3.05) is 20.3 Å². The van der Waals surface area contributed by atoms with Gasteiger partial charge in [0.1, 0.15) is 6.04 Å². The molecule has 0 radical (unpaired) electrons. The first-order valence-electron chi connectivity index (χ1n) is 8.44. The molecule has 2 heterocycles. The van der Waals surface area contributed by atoms with Crippen LogP contribution in [0.4, 0.5) is 4.79 Å². The van der Waals surface area contributed by atoms with Crippen LogP contribution in [0.5, 0.6) is 0 Å². The summed E-state index contributed by atoms with van der Waals surface area (Å²) in [6.07, 6.45) is 3.81. The van der Waals surface area contributed by atoms with Gasteiger partial charge in [-0.1, -0.05) is 18.2 Å². The van der Waals surface area contributed by atoms with Crippen molar-refractivity contribution in [2.45, 2.75) is 31.3 Å². The summed E-state index contributed by atoms with van der Waals surface area (Å²) in [6.45, 7) is 1.09. The minimum atomic E-state index is -1.04. The average Bonchev–Trinajstić information content (AvgIpc) is 3.22. The molecule has 0 unspecified atom stereocenters. The summed E-state index contributed by atoms with van der Waals surface area (Å²) < 4.78 is 5.15. The maximum absolute atomic E-state index is 12.5. The molecule has 0 aliphatic carbocycles. The van der Waals surface area contributed by atoms with Gasteiger partial charge >= 0.3 is 12.0 Å². The Labute approximate surface area is 146 Å². The number of likely N-dealkylation sites (tertiary alicyclic amines) is 1. The summed E-state index contributed by atoms with van der Waals surface area (Å²) in [4.78, 5) is 29.0. The Morgan fingerprint density at radius 3 is 3.00 bits per heavy atom. The maximum Gasteiger partial charge on any atom is 0.326 e. The summed E-state index contributed by atoms with van der Waals surface area (Å²) in [5.74, 6) is -1.04. The second-order valence-electron chi connectivity index (χ2n) is 6.35. The Balaban J connectivity index is 1.71. The third-order valence-electron chi connectivity index (χ3n) is 4.69. The summed E-state index contributed by atoms with van der Waals surface area (Å²) in [5, 5.41) is 13.2. The molecule has 0 spiro atoms. The van der Waals surface area contributed by atoms with Crippen molar-refractivity contribution in [2.24, 2.45) is 0 Å². The number of para-hydroxylation sites is 1. The highest BCUT2D eigenvalue weighted by Gasteiger charge is 2.31. The van der Waals surface area contributed by atoms with E-state index in [4.69, 9.17) is 4.74 Å². The number of aromatic nitrogens is 1. The van der Waals surface area contributed by atoms with Crippen molar-refractivity contribution < 1.29 is 19.4 Å². The van der Waals surface area contributed by atoms with E-state index in [9.17, 15) is 14.7 Å². The molecule has 2 amide bonds. The molecule has 0 saturated carbocycles. The number of H-pyrrole nitrogens is 1. The van der Waals surface area contributed by atoms with Crippen LogP contribution < -0.4 is 5.32 Å². The normalized spacial score (nSPS) is 18.4. The summed E-state index contributed by atoms with van der Waals surface area (Å²) >= 11 is 0. The molecule has 1 aliphatic rings. The summed E-state index contributed by atoms with van der Waals surface area (Å²) in [5.41, 5.74) is 1.82. The van der Waals surface area contributed by atoms with Gasteiger partial charge in [-0.25, -0.2) is 9.59 Å². The van der Waals surface area contributed by atoms with E-state index in [1.165, 1.54) is 0 Å². The Bertz CT molecular complexity index is 758. The summed E-state index contributed by atoms with van der Waals surface area (Å²) in [7, 11) is 1.60. The maximum atomic E-state index is 12.5. The minimum Gasteiger partial charge on any atom is -0.480 e. The molecule has 1 fully saturated rings. The van der Waals surface area contributed by atoms with Gasteiger partial charge in [0.15, 0.2) is 0 Å². The van der Waals surface area contributed by atoms with Crippen LogP contribution in [-0.4, -0.2) is 59.3 Å². The monoisotopic (exact) mass is 345 g/mol. The Kier molecular flexibility index (Phi) is 5.23.